The molecule has 7 nitrogen and oxygen atoms in total. The standard InChI is InChI=1S/C16H13FN4O3/c17-12-8-18-16(20-9-2-1-3-11(22)6-9)21-15(12)19-10-4-5-13(23)14(24)7-10/h1-8,22-24H,(H2,18,19,20,21). The van der Waals surface area contributed by atoms with Crippen LogP contribution in [0.3, 0.4) is 0 Å². The quantitative estimate of drug-likeness (QED) is 0.369. The zero-order valence-electron chi connectivity index (χ0n) is 12.2. The van der Waals surface area contributed by atoms with Crippen molar-refractivity contribution < 1.29 is 19.7 Å². The minimum atomic E-state index is -0.691. The molecule has 24 heavy (non-hydrogen) atoms. The van der Waals surface area contributed by atoms with Crippen LogP contribution in [-0.4, -0.2) is 25.3 Å². The van der Waals surface area contributed by atoms with Gasteiger partial charge in [0.2, 0.25) is 5.95 Å². The van der Waals surface area contributed by atoms with E-state index in [9.17, 15) is 19.7 Å². The fraction of sp³-hybridized carbons (Fsp3) is 0. The van der Waals surface area contributed by atoms with Gasteiger partial charge in [0, 0.05) is 23.5 Å². The molecule has 0 aliphatic rings. The Morgan fingerprint density at radius 2 is 1.67 bits per heavy atom. The molecule has 3 rings (SSSR count). The topological polar surface area (TPSA) is 111 Å². The van der Waals surface area contributed by atoms with Crippen LogP contribution in [0.25, 0.3) is 0 Å². The molecular formula is C16H13FN4O3. The molecule has 0 saturated carbocycles. The molecule has 0 fully saturated rings. The van der Waals surface area contributed by atoms with Gasteiger partial charge in [0.05, 0.1) is 6.20 Å². The van der Waals surface area contributed by atoms with Gasteiger partial charge in [-0.1, -0.05) is 6.07 Å². The van der Waals surface area contributed by atoms with Crippen LogP contribution < -0.4 is 10.6 Å². The van der Waals surface area contributed by atoms with Crippen LogP contribution in [-0.2, 0) is 0 Å². The molecule has 8 heteroatoms. The lowest BCUT2D eigenvalue weighted by atomic mass is 10.3. The number of anilines is 4. The van der Waals surface area contributed by atoms with E-state index < -0.39 is 5.82 Å². The number of aromatic nitrogens is 2. The van der Waals surface area contributed by atoms with Crippen LogP contribution in [0.2, 0.25) is 0 Å². The van der Waals surface area contributed by atoms with Gasteiger partial charge in [-0.2, -0.15) is 4.98 Å². The highest BCUT2D eigenvalue weighted by Gasteiger charge is 2.09. The average molecular weight is 328 g/mol. The Kier molecular flexibility index (Phi) is 4.02. The summed E-state index contributed by atoms with van der Waals surface area (Å²) in [5.74, 6) is -1.24. The van der Waals surface area contributed by atoms with Gasteiger partial charge < -0.3 is 26.0 Å². The van der Waals surface area contributed by atoms with Gasteiger partial charge in [0.15, 0.2) is 23.1 Å². The number of benzene rings is 2. The van der Waals surface area contributed by atoms with Crippen molar-refractivity contribution in [2.75, 3.05) is 10.6 Å². The third-order valence-corrected chi connectivity index (χ3v) is 3.08. The maximum atomic E-state index is 13.9. The fourth-order valence-corrected chi connectivity index (χ4v) is 1.97. The predicted molar refractivity (Wildman–Crippen MR) is 86.4 cm³/mol. The van der Waals surface area contributed by atoms with Gasteiger partial charge in [-0.25, -0.2) is 9.37 Å². The van der Waals surface area contributed by atoms with Crippen molar-refractivity contribution in [1.29, 1.82) is 0 Å². The highest BCUT2D eigenvalue weighted by Crippen LogP contribution is 2.29. The summed E-state index contributed by atoms with van der Waals surface area (Å²) < 4.78 is 13.9. The molecule has 5 N–H and O–H groups in total. The number of phenols is 3. The second-order valence-electron chi connectivity index (χ2n) is 4.89. The Morgan fingerprint density at radius 1 is 0.875 bits per heavy atom. The van der Waals surface area contributed by atoms with Crippen LogP contribution >= 0.6 is 0 Å². The maximum Gasteiger partial charge on any atom is 0.229 e. The molecule has 1 heterocycles. The van der Waals surface area contributed by atoms with E-state index in [1.54, 1.807) is 12.1 Å². The normalized spacial score (nSPS) is 10.4. The first-order valence-electron chi connectivity index (χ1n) is 6.89. The Labute approximate surface area is 136 Å². The SMILES string of the molecule is Oc1cccc(Nc2ncc(F)c(Nc3ccc(O)c(O)c3)n2)c1. The number of phenolic OH excluding ortho intramolecular Hbond substituents is 3. The summed E-state index contributed by atoms with van der Waals surface area (Å²) in [6.07, 6.45) is 0.987. The first-order valence-corrected chi connectivity index (χ1v) is 6.89. The predicted octanol–water partition coefficient (Wildman–Crippen LogP) is 3.22. The van der Waals surface area contributed by atoms with Gasteiger partial charge in [0.1, 0.15) is 5.75 Å². The molecule has 0 unspecified atom stereocenters. The molecular weight excluding hydrogens is 315 g/mol. The first kappa shape index (κ1) is 15.3. The number of aromatic hydroxyl groups is 3. The molecule has 0 saturated heterocycles. The van der Waals surface area contributed by atoms with E-state index in [-0.39, 0.29) is 29.0 Å². The highest BCUT2D eigenvalue weighted by molar-refractivity contribution is 5.63. The molecule has 0 aliphatic heterocycles. The number of hydrogen-bond donors (Lipinski definition) is 5. The molecule has 0 bridgehead atoms. The molecule has 0 amide bonds. The average Bonchev–Trinajstić information content (AvgIpc) is 2.54. The summed E-state index contributed by atoms with van der Waals surface area (Å²) in [6, 6.07) is 10.3. The van der Waals surface area contributed by atoms with Gasteiger partial charge in [-0.15, -0.1) is 0 Å². The van der Waals surface area contributed by atoms with Crippen molar-refractivity contribution >= 4 is 23.1 Å². The molecule has 122 valence electrons. The molecule has 0 spiro atoms. The Morgan fingerprint density at radius 3 is 2.42 bits per heavy atom. The van der Waals surface area contributed by atoms with Crippen LogP contribution in [0.4, 0.5) is 27.5 Å². The Hall–Kier alpha value is -3.55. The van der Waals surface area contributed by atoms with Crippen molar-refractivity contribution in [2.45, 2.75) is 0 Å². The summed E-state index contributed by atoms with van der Waals surface area (Å²) in [7, 11) is 0. The maximum absolute atomic E-state index is 13.9. The van der Waals surface area contributed by atoms with Crippen LogP contribution in [0.15, 0.2) is 48.7 Å². The summed E-state index contributed by atoms with van der Waals surface area (Å²) in [5.41, 5.74) is 0.876. The minimum absolute atomic E-state index is 0.0695. The number of halogens is 1. The van der Waals surface area contributed by atoms with Gasteiger partial charge in [0.25, 0.3) is 0 Å². The minimum Gasteiger partial charge on any atom is -0.508 e. The lowest BCUT2D eigenvalue weighted by Crippen LogP contribution is -2.03. The van der Waals surface area contributed by atoms with E-state index >= 15 is 0 Å². The van der Waals surface area contributed by atoms with Crippen molar-refractivity contribution in [3.05, 3.63) is 54.5 Å². The lowest BCUT2D eigenvalue weighted by Gasteiger charge is -2.10. The third kappa shape index (κ3) is 3.43. The van der Waals surface area contributed by atoms with Crippen LogP contribution in [0.1, 0.15) is 0 Å². The van der Waals surface area contributed by atoms with Crippen LogP contribution in [0.5, 0.6) is 17.2 Å². The molecule has 1 aromatic heterocycles. The number of nitrogens with one attached hydrogen (secondary N) is 2. The molecule has 0 radical (unpaired) electrons. The molecule has 0 atom stereocenters. The van der Waals surface area contributed by atoms with Gasteiger partial charge in [-0.3, -0.25) is 0 Å². The summed E-state index contributed by atoms with van der Waals surface area (Å²) in [5, 5.41) is 33.7. The zero-order chi connectivity index (χ0) is 17.1. The monoisotopic (exact) mass is 328 g/mol. The van der Waals surface area contributed by atoms with Crippen LogP contribution in [0, 0.1) is 5.82 Å². The lowest BCUT2D eigenvalue weighted by molar-refractivity contribution is 0.404. The third-order valence-electron chi connectivity index (χ3n) is 3.08. The number of rotatable bonds is 4. The van der Waals surface area contributed by atoms with E-state index in [4.69, 9.17) is 0 Å². The second-order valence-corrected chi connectivity index (χ2v) is 4.89. The molecule has 3 aromatic rings. The van der Waals surface area contributed by atoms with E-state index in [1.165, 1.54) is 30.3 Å². The van der Waals surface area contributed by atoms with E-state index in [1.807, 2.05) is 0 Å². The zero-order valence-corrected chi connectivity index (χ0v) is 12.2. The highest BCUT2D eigenvalue weighted by atomic mass is 19.1. The fourth-order valence-electron chi connectivity index (χ4n) is 1.97. The Balaban J connectivity index is 1.84. The first-order chi connectivity index (χ1) is 11.5. The van der Waals surface area contributed by atoms with Crippen molar-refractivity contribution in [2.24, 2.45) is 0 Å². The second kappa shape index (κ2) is 6.29. The smallest absolute Gasteiger partial charge is 0.229 e. The van der Waals surface area contributed by atoms with Crippen molar-refractivity contribution in [3.63, 3.8) is 0 Å². The summed E-state index contributed by atoms with van der Waals surface area (Å²) >= 11 is 0. The van der Waals surface area contributed by atoms with E-state index in [0.717, 1.165) is 6.20 Å². The van der Waals surface area contributed by atoms with E-state index in [2.05, 4.69) is 20.6 Å². The number of hydrogen-bond acceptors (Lipinski definition) is 7. The molecule has 0 aliphatic carbocycles. The number of nitrogens with zero attached hydrogens (tertiary/aromatic N) is 2. The summed E-state index contributed by atoms with van der Waals surface area (Å²) in [6.45, 7) is 0. The van der Waals surface area contributed by atoms with Gasteiger partial charge >= 0.3 is 0 Å². The Bertz CT molecular complexity index is 889. The largest absolute Gasteiger partial charge is 0.508 e. The summed E-state index contributed by atoms with van der Waals surface area (Å²) in [4.78, 5) is 7.84. The molecule has 2 aromatic carbocycles. The van der Waals surface area contributed by atoms with Crippen molar-refractivity contribution in [1.82, 2.24) is 9.97 Å². The van der Waals surface area contributed by atoms with Gasteiger partial charge in [-0.05, 0) is 24.3 Å². The van der Waals surface area contributed by atoms with E-state index in [0.29, 0.717) is 11.4 Å². The van der Waals surface area contributed by atoms with Crippen molar-refractivity contribution in [3.8, 4) is 17.2 Å².